The molecule has 0 saturated heterocycles. The molecule has 1 amide bonds. The Balaban J connectivity index is 1.50. The molecule has 0 unspecified atom stereocenters. The molecular weight excluding hydrogens is 354 g/mol. The van der Waals surface area contributed by atoms with Gasteiger partial charge in [-0.05, 0) is 30.5 Å². The minimum Gasteiger partial charge on any atom is -0.496 e. The van der Waals surface area contributed by atoms with Crippen molar-refractivity contribution in [1.82, 2.24) is 4.90 Å². The van der Waals surface area contributed by atoms with Gasteiger partial charge in [-0.3, -0.25) is 9.59 Å². The monoisotopic (exact) mass is 379 g/mol. The van der Waals surface area contributed by atoms with Crippen LogP contribution >= 0.6 is 0 Å². The standard InChI is InChI=1S/C23H25NO4/c1-17-8-9-21(27-2)20(14-17)15-23(26)28-16-22(25)24-12-10-19(11-13-24)18-6-4-3-5-7-18/h3-10,14H,11-13,15-16H2,1-2H3. The fraction of sp³-hybridized carbons (Fsp3) is 0.304. The van der Waals surface area contributed by atoms with Crippen LogP contribution in [0.5, 0.6) is 5.75 Å². The average molecular weight is 379 g/mol. The first-order chi connectivity index (χ1) is 13.6. The molecular formula is C23H25NO4. The predicted molar refractivity (Wildman–Crippen MR) is 108 cm³/mol. The summed E-state index contributed by atoms with van der Waals surface area (Å²) in [6, 6.07) is 15.8. The molecule has 1 aliphatic rings. The van der Waals surface area contributed by atoms with E-state index in [1.165, 1.54) is 11.1 Å². The highest BCUT2D eigenvalue weighted by atomic mass is 16.5. The summed E-state index contributed by atoms with van der Waals surface area (Å²) in [5, 5.41) is 0. The van der Waals surface area contributed by atoms with Crippen molar-refractivity contribution >= 4 is 17.4 Å². The Morgan fingerprint density at radius 2 is 1.89 bits per heavy atom. The number of hydrogen-bond acceptors (Lipinski definition) is 4. The van der Waals surface area contributed by atoms with E-state index in [1.54, 1.807) is 12.0 Å². The van der Waals surface area contributed by atoms with E-state index in [0.29, 0.717) is 18.8 Å². The number of esters is 1. The summed E-state index contributed by atoms with van der Waals surface area (Å²) < 4.78 is 10.5. The SMILES string of the molecule is COc1ccc(C)cc1CC(=O)OCC(=O)N1CC=C(c2ccccc2)CC1. The third-order valence-corrected chi connectivity index (χ3v) is 4.83. The topological polar surface area (TPSA) is 55.8 Å². The van der Waals surface area contributed by atoms with Crippen LogP contribution < -0.4 is 4.74 Å². The zero-order valence-electron chi connectivity index (χ0n) is 16.3. The largest absolute Gasteiger partial charge is 0.496 e. The lowest BCUT2D eigenvalue weighted by molar-refractivity contribution is -0.151. The maximum Gasteiger partial charge on any atom is 0.310 e. The van der Waals surface area contributed by atoms with Crippen molar-refractivity contribution in [2.75, 3.05) is 26.8 Å². The minimum absolute atomic E-state index is 0.0796. The number of benzene rings is 2. The normalized spacial score (nSPS) is 13.6. The van der Waals surface area contributed by atoms with Crippen LogP contribution in [0.3, 0.4) is 0 Å². The molecule has 0 bridgehead atoms. The van der Waals surface area contributed by atoms with Gasteiger partial charge in [-0.2, -0.15) is 0 Å². The number of carbonyl (C=O) groups excluding carboxylic acids is 2. The van der Waals surface area contributed by atoms with Crippen molar-refractivity contribution in [2.24, 2.45) is 0 Å². The van der Waals surface area contributed by atoms with Crippen LogP contribution in [0.1, 0.15) is 23.1 Å². The maximum atomic E-state index is 12.4. The van der Waals surface area contributed by atoms with Gasteiger partial charge in [0.25, 0.3) is 5.91 Å². The molecule has 2 aromatic carbocycles. The van der Waals surface area contributed by atoms with E-state index in [-0.39, 0.29) is 18.9 Å². The van der Waals surface area contributed by atoms with Crippen LogP contribution in [0.25, 0.3) is 5.57 Å². The van der Waals surface area contributed by atoms with Gasteiger partial charge in [0.2, 0.25) is 0 Å². The van der Waals surface area contributed by atoms with E-state index >= 15 is 0 Å². The molecule has 0 spiro atoms. The second kappa shape index (κ2) is 9.22. The van der Waals surface area contributed by atoms with Gasteiger partial charge in [-0.25, -0.2) is 0 Å². The van der Waals surface area contributed by atoms with Crippen molar-refractivity contribution in [2.45, 2.75) is 19.8 Å². The molecule has 5 nitrogen and oxygen atoms in total. The lowest BCUT2D eigenvalue weighted by Crippen LogP contribution is -2.37. The Hall–Kier alpha value is -3.08. The van der Waals surface area contributed by atoms with Gasteiger partial charge < -0.3 is 14.4 Å². The summed E-state index contributed by atoms with van der Waals surface area (Å²) in [5.74, 6) is 0.0335. The van der Waals surface area contributed by atoms with Crippen molar-refractivity contribution < 1.29 is 19.1 Å². The number of amides is 1. The summed E-state index contributed by atoms with van der Waals surface area (Å²) >= 11 is 0. The van der Waals surface area contributed by atoms with Gasteiger partial charge in [0.15, 0.2) is 6.61 Å². The number of nitrogens with zero attached hydrogens (tertiary/aromatic N) is 1. The number of methoxy groups -OCH3 is 1. The Labute approximate surface area is 165 Å². The fourth-order valence-corrected chi connectivity index (χ4v) is 3.30. The summed E-state index contributed by atoms with van der Waals surface area (Å²) in [6.45, 7) is 2.88. The first-order valence-electron chi connectivity index (χ1n) is 9.38. The molecule has 5 heteroatoms. The predicted octanol–water partition coefficient (Wildman–Crippen LogP) is 3.41. The van der Waals surface area contributed by atoms with Crippen molar-refractivity contribution in [3.05, 3.63) is 71.3 Å². The first-order valence-corrected chi connectivity index (χ1v) is 9.38. The summed E-state index contributed by atoms with van der Waals surface area (Å²) in [4.78, 5) is 26.2. The van der Waals surface area contributed by atoms with Gasteiger partial charge in [0.05, 0.1) is 13.5 Å². The van der Waals surface area contributed by atoms with Gasteiger partial charge in [-0.1, -0.05) is 54.1 Å². The molecule has 2 aromatic rings. The molecule has 0 atom stereocenters. The smallest absolute Gasteiger partial charge is 0.310 e. The molecule has 0 aliphatic carbocycles. The van der Waals surface area contributed by atoms with Crippen molar-refractivity contribution in [3.63, 3.8) is 0 Å². The third-order valence-electron chi connectivity index (χ3n) is 4.83. The van der Waals surface area contributed by atoms with E-state index in [2.05, 4.69) is 18.2 Å². The quantitative estimate of drug-likeness (QED) is 0.722. The van der Waals surface area contributed by atoms with Crippen molar-refractivity contribution in [1.29, 1.82) is 0 Å². The molecule has 0 saturated carbocycles. The summed E-state index contributed by atoms with van der Waals surface area (Å²) in [6.07, 6.45) is 2.94. The Kier molecular flexibility index (Phi) is 6.48. The highest BCUT2D eigenvalue weighted by molar-refractivity contribution is 5.82. The molecule has 1 heterocycles. The van der Waals surface area contributed by atoms with Crippen LogP contribution in [0, 0.1) is 6.92 Å². The van der Waals surface area contributed by atoms with Crippen LogP contribution in [0.2, 0.25) is 0 Å². The van der Waals surface area contributed by atoms with E-state index in [4.69, 9.17) is 9.47 Å². The zero-order valence-corrected chi connectivity index (χ0v) is 16.3. The number of aryl methyl sites for hydroxylation is 1. The van der Waals surface area contributed by atoms with Crippen LogP contribution in [-0.4, -0.2) is 43.6 Å². The Morgan fingerprint density at radius 3 is 2.57 bits per heavy atom. The van der Waals surface area contributed by atoms with E-state index in [9.17, 15) is 9.59 Å². The van der Waals surface area contributed by atoms with Crippen LogP contribution in [0.15, 0.2) is 54.6 Å². The zero-order chi connectivity index (χ0) is 19.9. The molecule has 28 heavy (non-hydrogen) atoms. The van der Waals surface area contributed by atoms with Gasteiger partial charge in [-0.15, -0.1) is 0 Å². The summed E-state index contributed by atoms with van der Waals surface area (Å²) in [5.41, 5.74) is 4.23. The van der Waals surface area contributed by atoms with Crippen molar-refractivity contribution in [3.8, 4) is 5.75 Å². The first kappa shape index (κ1) is 19.7. The number of ether oxygens (including phenoxy) is 2. The number of carbonyl (C=O) groups is 2. The minimum atomic E-state index is -0.435. The highest BCUT2D eigenvalue weighted by Gasteiger charge is 2.19. The third kappa shape index (κ3) is 5.00. The average Bonchev–Trinajstić information content (AvgIpc) is 2.73. The van der Waals surface area contributed by atoms with E-state index in [1.807, 2.05) is 43.3 Å². The van der Waals surface area contributed by atoms with Crippen LogP contribution in [-0.2, 0) is 20.7 Å². The van der Waals surface area contributed by atoms with E-state index in [0.717, 1.165) is 17.5 Å². The second-order valence-electron chi connectivity index (χ2n) is 6.84. The Bertz CT molecular complexity index is 873. The number of rotatable bonds is 6. The molecule has 0 N–H and O–H groups in total. The van der Waals surface area contributed by atoms with Gasteiger partial charge in [0, 0.05) is 18.7 Å². The Morgan fingerprint density at radius 1 is 1.11 bits per heavy atom. The number of hydrogen-bond donors (Lipinski definition) is 0. The lowest BCUT2D eigenvalue weighted by Gasteiger charge is -2.26. The molecule has 0 radical (unpaired) electrons. The van der Waals surface area contributed by atoms with E-state index < -0.39 is 5.97 Å². The maximum absolute atomic E-state index is 12.4. The molecule has 1 aliphatic heterocycles. The molecule has 3 rings (SSSR count). The molecule has 0 aromatic heterocycles. The highest BCUT2D eigenvalue weighted by Crippen LogP contribution is 2.22. The van der Waals surface area contributed by atoms with Gasteiger partial charge >= 0.3 is 5.97 Å². The molecule has 146 valence electrons. The second-order valence-corrected chi connectivity index (χ2v) is 6.84. The molecule has 0 fully saturated rings. The van der Waals surface area contributed by atoms with Gasteiger partial charge in [0.1, 0.15) is 5.75 Å². The fourth-order valence-electron chi connectivity index (χ4n) is 3.30. The lowest BCUT2D eigenvalue weighted by atomic mass is 10.00. The summed E-state index contributed by atoms with van der Waals surface area (Å²) in [7, 11) is 1.57. The van der Waals surface area contributed by atoms with Crippen LogP contribution in [0.4, 0.5) is 0 Å².